The number of nitrogens with zero attached hydrogens (tertiary/aromatic N) is 2. The number of amides is 2. The molecule has 0 saturated carbocycles. The van der Waals surface area contributed by atoms with Gasteiger partial charge in [-0.2, -0.15) is 0 Å². The van der Waals surface area contributed by atoms with Crippen molar-refractivity contribution in [2.75, 3.05) is 18.5 Å². The molecule has 8 heteroatoms. The highest BCUT2D eigenvalue weighted by atomic mass is 19.1. The number of anilines is 1. The van der Waals surface area contributed by atoms with E-state index < -0.39 is 17.8 Å². The van der Waals surface area contributed by atoms with E-state index in [0.29, 0.717) is 13.1 Å². The molecule has 0 aliphatic rings. The molecule has 1 aromatic carbocycles. The van der Waals surface area contributed by atoms with Crippen LogP contribution in [-0.4, -0.2) is 34.7 Å². The number of para-hydroxylation sites is 1. The summed E-state index contributed by atoms with van der Waals surface area (Å²) in [6.45, 7) is 2.70. The lowest BCUT2D eigenvalue weighted by molar-refractivity contribution is 0.0520. The van der Waals surface area contributed by atoms with Gasteiger partial charge in [0.2, 0.25) is 0 Å². The molecular weight excluding hydrogens is 303 g/mol. The monoisotopic (exact) mass is 320 g/mol. The number of nitrogens with one attached hydrogen (secondary N) is 2. The normalized spacial score (nSPS) is 10.2. The number of esters is 1. The first kappa shape index (κ1) is 16.5. The lowest BCUT2D eigenvalue weighted by atomic mass is 10.3. The number of rotatable bonds is 6. The van der Waals surface area contributed by atoms with Crippen molar-refractivity contribution in [3.8, 4) is 0 Å². The number of benzene rings is 1. The summed E-state index contributed by atoms with van der Waals surface area (Å²) in [6, 6.07) is 5.38. The quantitative estimate of drug-likeness (QED) is 0.798. The van der Waals surface area contributed by atoms with Crippen molar-refractivity contribution in [3.05, 3.63) is 48.3 Å². The molecule has 2 aromatic rings. The molecule has 23 heavy (non-hydrogen) atoms. The van der Waals surface area contributed by atoms with Crippen LogP contribution in [0.1, 0.15) is 17.4 Å². The molecule has 0 spiro atoms. The minimum atomic E-state index is -0.513. The van der Waals surface area contributed by atoms with E-state index in [1.165, 1.54) is 24.7 Å². The second-order valence-electron chi connectivity index (χ2n) is 4.58. The molecule has 0 unspecified atom stereocenters. The highest BCUT2D eigenvalue weighted by Gasteiger charge is 2.10. The second-order valence-corrected chi connectivity index (χ2v) is 4.58. The predicted molar refractivity (Wildman–Crippen MR) is 81.6 cm³/mol. The largest absolute Gasteiger partial charge is 0.461 e. The first-order chi connectivity index (χ1) is 11.1. The zero-order valence-electron chi connectivity index (χ0n) is 12.6. The number of halogens is 1. The average molecular weight is 320 g/mol. The number of carbonyl (C=O) groups excluding carboxylic acids is 2. The van der Waals surface area contributed by atoms with Gasteiger partial charge in [0.25, 0.3) is 0 Å². The van der Waals surface area contributed by atoms with Crippen molar-refractivity contribution in [2.24, 2.45) is 0 Å². The Morgan fingerprint density at radius 2 is 2.13 bits per heavy atom. The van der Waals surface area contributed by atoms with Gasteiger partial charge in [-0.25, -0.2) is 19.0 Å². The third kappa shape index (κ3) is 4.80. The van der Waals surface area contributed by atoms with E-state index in [0.717, 1.165) is 0 Å². The van der Waals surface area contributed by atoms with E-state index in [-0.39, 0.29) is 18.0 Å². The molecule has 2 rings (SSSR count). The van der Waals surface area contributed by atoms with Crippen LogP contribution in [0.4, 0.5) is 14.9 Å². The molecule has 1 heterocycles. The van der Waals surface area contributed by atoms with Gasteiger partial charge in [-0.15, -0.1) is 0 Å². The molecule has 7 nitrogen and oxygen atoms in total. The standard InChI is InChI=1S/C15H17FN4O3/c1-2-23-14(21)13-9-20(10-18-13)8-7-17-15(22)19-12-6-4-3-5-11(12)16/h3-6,9-10H,2,7-8H2,1H3,(H2,17,19,22). The van der Waals surface area contributed by atoms with Crippen LogP contribution in [0.2, 0.25) is 0 Å². The van der Waals surface area contributed by atoms with Gasteiger partial charge in [0.1, 0.15) is 5.82 Å². The van der Waals surface area contributed by atoms with E-state index in [4.69, 9.17) is 4.74 Å². The Balaban J connectivity index is 1.78. The summed E-state index contributed by atoms with van der Waals surface area (Å²) in [5, 5.41) is 5.00. The number of carbonyl (C=O) groups is 2. The minimum Gasteiger partial charge on any atom is -0.461 e. The summed E-state index contributed by atoms with van der Waals surface area (Å²) in [4.78, 5) is 27.0. The molecule has 0 saturated heterocycles. The summed E-state index contributed by atoms with van der Waals surface area (Å²) in [5.41, 5.74) is 0.319. The molecule has 0 bridgehead atoms. The number of hydrogen-bond donors (Lipinski definition) is 2. The van der Waals surface area contributed by atoms with Crippen molar-refractivity contribution in [3.63, 3.8) is 0 Å². The van der Waals surface area contributed by atoms with Gasteiger partial charge in [-0.05, 0) is 19.1 Å². The third-order valence-corrected chi connectivity index (χ3v) is 2.90. The van der Waals surface area contributed by atoms with Crippen LogP contribution < -0.4 is 10.6 Å². The minimum absolute atomic E-state index is 0.109. The van der Waals surface area contributed by atoms with Crippen LogP contribution in [-0.2, 0) is 11.3 Å². The summed E-state index contributed by atoms with van der Waals surface area (Å²) in [6.07, 6.45) is 3.01. The Hall–Kier alpha value is -2.90. The van der Waals surface area contributed by atoms with E-state index >= 15 is 0 Å². The Bertz CT molecular complexity index is 687. The first-order valence-electron chi connectivity index (χ1n) is 7.08. The van der Waals surface area contributed by atoms with Crippen LogP contribution in [0, 0.1) is 5.82 Å². The average Bonchev–Trinajstić information content (AvgIpc) is 2.99. The number of imidazole rings is 1. The van der Waals surface area contributed by atoms with E-state index in [1.54, 1.807) is 23.6 Å². The van der Waals surface area contributed by atoms with E-state index in [1.807, 2.05) is 0 Å². The maximum absolute atomic E-state index is 13.4. The highest BCUT2D eigenvalue weighted by Crippen LogP contribution is 2.11. The lowest BCUT2D eigenvalue weighted by Gasteiger charge is -2.08. The van der Waals surface area contributed by atoms with Crippen LogP contribution in [0.25, 0.3) is 0 Å². The van der Waals surface area contributed by atoms with Crippen molar-refractivity contribution in [1.82, 2.24) is 14.9 Å². The molecule has 1 aromatic heterocycles. The summed E-state index contributed by atoms with van der Waals surface area (Å²) >= 11 is 0. The number of hydrogen-bond acceptors (Lipinski definition) is 4. The Labute approximate surface area is 132 Å². The smallest absolute Gasteiger partial charge is 0.358 e. The fourth-order valence-corrected chi connectivity index (χ4v) is 1.82. The van der Waals surface area contributed by atoms with Gasteiger partial charge in [-0.3, -0.25) is 0 Å². The molecule has 122 valence electrons. The molecule has 0 radical (unpaired) electrons. The van der Waals surface area contributed by atoms with Crippen LogP contribution in [0.3, 0.4) is 0 Å². The molecule has 2 amide bonds. The SMILES string of the molecule is CCOC(=O)c1cn(CCNC(=O)Nc2ccccc2F)cn1. The van der Waals surface area contributed by atoms with Crippen molar-refractivity contribution in [1.29, 1.82) is 0 Å². The Kier molecular flexibility index (Phi) is 5.67. The molecule has 0 aliphatic carbocycles. The van der Waals surface area contributed by atoms with Gasteiger partial charge in [0.15, 0.2) is 5.69 Å². The predicted octanol–water partition coefficient (Wildman–Crippen LogP) is 2.02. The number of aromatic nitrogens is 2. The maximum Gasteiger partial charge on any atom is 0.358 e. The van der Waals surface area contributed by atoms with E-state index in [9.17, 15) is 14.0 Å². The number of ether oxygens (including phenoxy) is 1. The van der Waals surface area contributed by atoms with Gasteiger partial charge < -0.3 is 19.9 Å². The van der Waals surface area contributed by atoms with Crippen LogP contribution >= 0.6 is 0 Å². The topological polar surface area (TPSA) is 85.2 Å². The summed E-state index contributed by atoms with van der Waals surface area (Å²) < 4.78 is 19.9. The first-order valence-corrected chi connectivity index (χ1v) is 7.08. The zero-order valence-corrected chi connectivity index (χ0v) is 12.6. The summed E-state index contributed by atoms with van der Waals surface area (Å²) in [5.74, 6) is -0.993. The fourth-order valence-electron chi connectivity index (χ4n) is 1.82. The fraction of sp³-hybridized carbons (Fsp3) is 0.267. The van der Waals surface area contributed by atoms with Crippen molar-refractivity contribution in [2.45, 2.75) is 13.5 Å². The van der Waals surface area contributed by atoms with E-state index in [2.05, 4.69) is 15.6 Å². The molecular formula is C15H17FN4O3. The van der Waals surface area contributed by atoms with Crippen molar-refractivity contribution >= 4 is 17.7 Å². The molecule has 2 N–H and O–H groups in total. The van der Waals surface area contributed by atoms with Gasteiger partial charge >= 0.3 is 12.0 Å². The second kappa shape index (κ2) is 7.92. The van der Waals surface area contributed by atoms with Gasteiger partial charge in [0, 0.05) is 19.3 Å². The third-order valence-electron chi connectivity index (χ3n) is 2.90. The highest BCUT2D eigenvalue weighted by molar-refractivity contribution is 5.89. The lowest BCUT2D eigenvalue weighted by Crippen LogP contribution is -2.31. The van der Waals surface area contributed by atoms with Gasteiger partial charge in [-0.1, -0.05) is 12.1 Å². The van der Waals surface area contributed by atoms with Gasteiger partial charge in [0.05, 0.1) is 18.6 Å². The molecule has 0 atom stereocenters. The Morgan fingerprint density at radius 1 is 1.35 bits per heavy atom. The van der Waals surface area contributed by atoms with Crippen molar-refractivity contribution < 1.29 is 18.7 Å². The summed E-state index contributed by atoms with van der Waals surface area (Å²) in [7, 11) is 0. The maximum atomic E-state index is 13.4. The van der Waals surface area contributed by atoms with Crippen LogP contribution in [0.15, 0.2) is 36.8 Å². The molecule has 0 fully saturated rings. The molecule has 0 aliphatic heterocycles. The van der Waals surface area contributed by atoms with Crippen LogP contribution in [0.5, 0.6) is 0 Å². The Morgan fingerprint density at radius 3 is 2.87 bits per heavy atom. The number of urea groups is 1. The zero-order chi connectivity index (χ0) is 16.7.